The Morgan fingerprint density at radius 3 is 2.34 bits per heavy atom. The summed E-state index contributed by atoms with van der Waals surface area (Å²) in [4.78, 5) is 48.2. The maximum Gasteiger partial charge on any atom is 0.410 e. The van der Waals surface area contributed by atoms with Crippen molar-refractivity contribution in [2.45, 2.75) is 88.1 Å². The van der Waals surface area contributed by atoms with Crippen LogP contribution in [0, 0.1) is 0 Å². The third-order valence-corrected chi connectivity index (χ3v) is 9.16. The number of benzene rings is 2. The number of hydroxylamine groups is 1. The second-order valence-corrected chi connectivity index (χ2v) is 12.3. The van der Waals surface area contributed by atoms with Gasteiger partial charge in [0.25, 0.3) is 5.91 Å². The molecular weight excluding hydrogens is 560 g/mol. The van der Waals surface area contributed by atoms with E-state index in [1.807, 2.05) is 44.2 Å². The van der Waals surface area contributed by atoms with E-state index < -0.39 is 29.9 Å². The van der Waals surface area contributed by atoms with E-state index in [4.69, 9.17) is 14.3 Å². The summed E-state index contributed by atoms with van der Waals surface area (Å²) in [6, 6.07) is 15.1. The Morgan fingerprint density at radius 1 is 1.07 bits per heavy atom. The molecule has 44 heavy (non-hydrogen) atoms. The number of carbonyl (C=O) groups excluding carboxylic acids is 3. The highest BCUT2D eigenvalue weighted by Crippen LogP contribution is 2.45. The Hall–Kier alpha value is -3.89. The third-order valence-electron chi connectivity index (χ3n) is 9.16. The Balaban J connectivity index is 1.20. The molecule has 10 nitrogen and oxygen atoms in total. The first-order chi connectivity index (χ1) is 21.4. The number of fused-ring (bicyclic) bond motifs is 3. The van der Waals surface area contributed by atoms with Crippen LogP contribution in [0.2, 0.25) is 0 Å². The Bertz CT molecular complexity index is 1390. The number of hydrogen-bond acceptors (Lipinski definition) is 7. The largest absolute Gasteiger partial charge is 0.448 e. The molecule has 3 amide bonds. The van der Waals surface area contributed by atoms with Gasteiger partial charge in [0.05, 0.1) is 12.6 Å². The fourth-order valence-corrected chi connectivity index (χ4v) is 6.75. The van der Waals surface area contributed by atoms with Crippen molar-refractivity contribution in [1.29, 1.82) is 0 Å². The van der Waals surface area contributed by atoms with Crippen molar-refractivity contribution in [3.8, 4) is 11.1 Å². The van der Waals surface area contributed by atoms with E-state index in [-0.39, 0.29) is 43.3 Å². The van der Waals surface area contributed by atoms with Crippen LogP contribution in [0.5, 0.6) is 0 Å². The fourth-order valence-electron chi connectivity index (χ4n) is 6.75. The minimum atomic E-state index is -0.858. The number of likely N-dealkylation sites (tertiary alicyclic amines) is 1. The lowest BCUT2D eigenvalue weighted by Gasteiger charge is -2.29. The van der Waals surface area contributed by atoms with Crippen LogP contribution in [0.1, 0.15) is 69.4 Å². The molecule has 3 N–H and O–H groups in total. The number of methoxy groups -OCH3 is 1. The molecule has 1 saturated heterocycles. The van der Waals surface area contributed by atoms with Crippen LogP contribution < -0.4 is 16.1 Å². The lowest BCUT2D eigenvalue weighted by atomic mass is 9.98. The normalized spacial score (nSPS) is 23.4. The van der Waals surface area contributed by atoms with Crippen LogP contribution >= 0.6 is 0 Å². The first-order valence-corrected chi connectivity index (χ1v) is 15.8. The number of allylic oxidation sites excluding steroid dienone is 1. The molecule has 1 saturated carbocycles. The molecule has 2 aliphatic heterocycles. The Labute approximate surface area is 258 Å². The van der Waals surface area contributed by atoms with Crippen LogP contribution in [-0.2, 0) is 23.9 Å². The zero-order valence-corrected chi connectivity index (χ0v) is 25.6. The minimum absolute atomic E-state index is 0.104. The number of hydrogen-bond donors (Lipinski definition) is 3. The summed E-state index contributed by atoms with van der Waals surface area (Å²) in [6.45, 7) is 4.31. The molecule has 0 aromatic heterocycles. The second-order valence-electron chi connectivity index (χ2n) is 12.3. The van der Waals surface area contributed by atoms with Crippen LogP contribution in [0.25, 0.3) is 11.1 Å². The molecule has 4 aliphatic rings. The number of ether oxygens (including phenoxy) is 2. The van der Waals surface area contributed by atoms with Gasteiger partial charge in [0.1, 0.15) is 18.2 Å². The van der Waals surface area contributed by atoms with Gasteiger partial charge in [-0.2, -0.15) is 0 Å². The summed E-state index contributed by atoms with van der Waals surface area (Å²) in [5.41, 5.74) is 7.52. The Kier molecular flexibility index (Phi) is 8.64. The van der Waals surface area contributed by atoms with Crippen LogP contribution in [0.3, 0.4) is 0 Å². The highest BCUT2D eigenvalue weighted by Gasteiger charge is 2.52. The van der Waals surface area contributed by atoms with Crippen LogP contribution in [0.15, 0.2) is 60.3 Å². The second kappa shape index (κ2) is 12.6. The van der Waals surface area contributed by atoms with Crippen LogP contribution in [0.4, 0.5) is 4.79 Å². The molecule has 4 atom stereocenters. The Morgan fingerprint density at radius 2 is 1.75 bits per heavy atom. The van der Waals surface area contributed by atoms with Gasteiger partial charge in [0.15, 0.2) is 6.10 Å². The van der Waals surface area contributed by atoms with E-state index in [1.54, 1.807) is 0 Å². The predicted molar refractivity (Wildman–Crippen MR) is 164 cm³/mol. The average molecular weight is 603 g/mol. The van der Waals surface area contributed by atoms with Gasteiger partial charge < -0.3 is 20.1 Å². The number of nitrogens with zero attached hydrogens (tertiary/aromatic N) is 1. The fraction of sp³-hybridized carbons (Fsp3) is 0.500. The van der Waals surface area contributed by atoms with Gasteiger partial charge in [-0.15, -0.1) is 0 Å². The van der Waals surface area contributed by atoms with E-state index in [9.17, 15) is 14.4 Å². The first-order valence-electron chi connectivity index (χ1n) is 15.8. The van der Waals surface area contributed by atoms with E-state index >= 15 is 0 Å². The smallest absolute Gasteiger partial charge is 0.410 e. The van der Waals surface area contributed by atoms with E-state index in [2.05, 4.69) is 40.4 Å². The molecule has 6 rings (SSSR count). The number of amides is 3. The first kappa shape index (κ1) is 30.1. The van der Waals surface area contributed by atoms with E-state index in [0.29, 0.717) is 6.42 Å². The number of carbonyl (C=O) groups is 3. The summed E-state index contributed by atoms with van der Waals surface area (Å²) in [7, 11) is 1.48. The minimum Gasteiger partial charge on any atom is -0.448 e. The maximum atomic E-state index is 14.0. The molecule has 0 bridgehead atoms. The molecule has 2 aliphatic carbocycles. The van der Waals surface area contributed by atoms with Gasteiger partial charge in [-0.05, 0) is 54.0 Å². The van der Waals surface area contributed by atoms with Gasteiger partial charge in [0.2, 0.25) is 5.91 Å². The quantitative estimate of drug-likeness (QED) is 0.354. The molecule has 2 heterocycles. The zero-order valence-electron chi connectivity index (χ0n) is 25.6. The average Bonchev–Trinajstić information content (AvgIpc) is 3.50. The van der Waals surface area contributed by atoms with Gasteiger partial charge >= 0.3 is 6.09 Å². The number of rotatable bonds is 11. The molecule has 1 unspecified atom stereocenters. The summed E-state index contributed by atoms with van der Waals surface area (Å²) >= 11 is 0. The summed E-state index contributed by atoms with van der Waals surface area (Å²) in [5, 5.41) is 6.04. The van der Waals surface area contributed by atoms with E-state index in [0.717, 1.165) is 53.6 Å². The third kappa shape index (κ3) is 5.93. The molecule has 0 radical (unpaired) electrons. The van der Waals surface area contributed by atoms with Gasteiger partial charge in [-0.25, -0.2) is 4.79 Å². The maximum absolute atomic E-state index is 14.0. The molecule has 2 aromatic rings. The standard InChI is InChI=1S/C34H42N4O6/c1-4-10-28(30(42-3)32(40)35-22-15-16-22)36-31(39)29-18-34(17-21(5-2)37-44-34)20-38(29)33(41)43-19-27-25-13-8-6-11-23(25)24-12-7-9-14-26(24)27/h6-9,11-14,17,22,27-30,37H,4-5,10,15-16,18-20H2,1-3H3,(H,35,40)(H,36,39)/t28-,29-,30?,34+/m0/s1. The SMILES string of the molecule is CCC[C@H](NC(=O)[C@@H]1C[C@]2(C=C(CC)NO2)CN1C(=O)OCC1c2ccccc2-c2ccccc21)C(OC)C(=O)NC1CC1. The van der Waals surface area contributed by atoms with Crippen molar-refractivity contribution >= 4 is 17.9 Å². The summed E-state index contributed by atoms with van der Waals surface area (Å²) in [5.74, 6) is -0.700. The molecule has 1 spiro atoms. The lowest BCUT2D eigenvalue weighted by Crippen LogP contribution is -2.55. The highest BCUT2D eigenvalue weighted by atomic mass is 16.7. The monoisotopic (exact) mass is 602 g/mol. The van der Waals surface area contributed by atoms with Crippen molar-refractivity contribution in [2.75, 3.05) is 20.3 Å². The highest BCUT2D eigenvalue weighted by molar-refractivity contribution is 5.89. The van der Waals surface area contributed by atoms with Crippen molar-refractivity contribution in [3.05, 3.63) is 71.4 Å². The summed E-state index contributed by atoms with van der Waals surface area (Å²) in [6.07, 6.45) is 4.72. The number of nitrogens with one attached hydrogen (secondary N) is 3. The predicted octanol–water partition coefficient (Wildman–Crippen LogP) is 4.16. The van der Waals surface area contributed by atoms with Crippen molar-refractivity contribution in [1.82, 2.24) is 21.0 Å². The van der Waals surface area contributed by atoms with Gasteiger partial charge in [-0.3, -0.25) is 24.8 Å². The zero-order chi connectivity index (χ0) is 30.8. The van der Waals surface area contributed by atoms with Crippen molar-refractivity contribution in [3.63, 3.8) is 0 Å². The molecule has 2 fully saturated rings. The van der Waals surface area contributed by atoms with Crippen LogP contribution in [-0.4, -0.2) is 72.9 Å². The topological polar surface area (TPSA) is 118 Å². The van der Waals surface area contributed by atoms with Gasteiger partial charge in [-0.1, -0.05) is 68.8 Å². The van der Waals surface area contributed by atoms with E-state index in [1.165, 1.54) is 12.0 Å². The lowest BCUT2D eigenvalue weighted by molar-refractivity contribution is -0.135. The van der Waals surface area contributed by atoms with Crippen molar-refractivity contribution < 1.29 is 28.7 Å². The molecule has 2 aromatic carbocycles. The van der Waals surface area contributed by atoms with Crippen molar-refractivity contribution in [2.24, 2.45) is 0 Å². The van der Waals surface area contributed by atoms with Gasteiger partial charge in [0, 0.05) is 31.2 Å². The molecular formula is C34H42N4O6. The summed E-state index contributed by atoms with van der Waals surface area (Å²) < 4.78 is 11.6. The molecule has 10 heteroatoms. The molecule has 234 valence electrons.